The lowest BCUT2D eigenvalue weighted by atomic mass is 10.1. The Kier molecular flexibility index (Phi) is 5.82. The van der Waals surface area contributed by atoms with Gasteiger partial charge in [0.05, 0.1) is 28.5 Å². The van der Waals surface area contributed by atoms with E-state index in [2.05, 4.69) is 15.5 Å². The van der Waals surface area contributed by atoms with Crippen molar-refractivity contribution in [1.82, 2.24) is 14.8 Å². The number of thioether (sulfide) groups is 1. The molecule has 8 nitrogen and oxygen atoms in total. The summed E-state index contributed by atoms with van der Waals surface area (Å²) in [6.07, 6.45) is 1.21. The van der Waals surface area contributed by atoms with Crippen molar-refractivity contribution in [3.63, 3.8) is 0 Å². The molecule has 0 bridgehead atoms. The number of amides is 1. The summed E-state index contributed by atoms with van der Waals surface area (Å²) in [5.74, 6) is 1.11. The van der Waals surface area contributed by atoms with E-state index in [-0.39, 0.29) is 29.1 Å². The van der Waals surface area contributed by atoms with Gasteiger partial charge in [-0.15, -0.1) is 10.2 Å². The summed E-state index contributed by atoms with van der Waals surface area (Å²) in [6.45, 7) is 0. The molecule has 142 valence electrons. The van der Waals surface area contributed by atoms with Crippen LogP contribution in [0.3, 0.4) is 0 Å². The van der Waals surface area contributed by atoms with Gasteiger partial charge in [-0.3, -0.25) is 4.79 Å². The Hall–Kier alpha value is -2.38. The first kappa shape index (κ1) is 19.4. The topological polar surface area (TPSA) is 118 Å². The highest BCUT2D eigenvalue weighted by atomic mass is 32.2. The summed E-state index contributed by atoms with van der Waals surface area (Å²) >= 11 is 1.24. The normalized spacial score (nSPS) is 18.1. The largest absolute Gasteiger partial charge is 0.324 e. The number of nitrogens with one attached hydrogen (secondary N) is 1. The van der Waals surface area contributed by atoms with Gasteiger partial charge < -0.3 is 9.88 Å². The van der Waals surface area contributed by atoms with Crippen molar-refractivity contribution < 1.29 is 13.2 Å². The van der Waals surface area contributed by atoms with Crippen molar-refractivity contribution in [2.45, 2.75) is 18.0 Å². The predicted molar refractivity (Wildman–Crippen MR) is 102 cm³/mol. The van der Waals surface area contributed by atoms with Crippen molar-refractivity contribution in [3.8, 4) is 6.07 Å². The third kappa shape index (κ3) is 4.87. The highest BCUT2D eigenvalue weighted by Gasteiger charge is 2.29. The van der Waals surface area contributed by atoms with E-state index in [1.807, 2.05) is 13.1 Å². The standard InChI is InChI=1S/C17H19N5O3S2/c1-22-15(8-12-6-7-27(24,25)11-12)20-21-17(22)26-10-16(23)19-14-5-3-2-4-13(14)9-18/h2-5,12H,6-8,10-11H2,1H3,(H,19,23)/t12-/m0/s1. The Bertz CT molecular complexity index is 994. The molecule has 1 saturated heterocycles. The van der Waals surface area contributed by atoms with Gasteiger partial charge in [0.2, 0.25) is 5.91 Å². The van der Waals surface area contributed by atoms with Gasteiger partial charge >= 0.3 is 0 Å². The number of nitrogens with zero attached hydrogens (tertiary/aromatic N) is 4. The predicted octanol–water partition coefficient (Wildman–Crippen LogP) is 1.39. The van der Waals surface area contributed by atoms with E-state index >= 15 is 0 Å². The first-order valence-corrected chi connectivity index (χ1v) is 11.2. The minimum absolute atomic E-state index is 0.0709. The van der Waals surface area contributed by atoms with Gasteiger partial charge in [-0.05, 0) is 24.5 Å². The molecule has 1 N–H and O–H groups in total. The number of para-hydroxylation sites is 1. The fourth-order valence-corrected chi connectivity index (χ4v) is 5.54. The summed E-state index contributed by atoms with van der Waals surface area (Å²) in [6, 6.07) is 8.84. The van der Waals surface area contributed by atoms with Crippen LogP contribution in [0.2, 0.25) is 0 Å². The molecule has 0 saturated carbocycles. The Morgan fingerprint density at radius 1 is 1.41 bits per heavy atom. The zero-order chi connectivity index (χ0) is 19.4. The molecule has 0 radical (unpaired) electrons. The Balaban J connectivity index is 1.56. The van der Waals surface area contributed by atoms with Crippen molar-refractivity contribution in [1.29, 1.82) is 5.26 Å². The second-order valence-corrected chi connectivity index (χ2v) is 9.60. The lowest BCUT2D eigenvalue weighted by molar-refractivity contribution is -0.113. The Morgan fingerprint density at radius 2 is 2.19 bits per heavy atom. The number of carbonyl (C=O) groups is 1. The zero-order valence-electron chi connectivity index (χ0n) is 14.8. The molecule has 27 heavy (non-hydrogen) atoms. The molecule has 2 heterocycles. The average Bonchev–Trinajstić information content (AvgIpc) is 3.16. The van der Waals surface area contributed by atoms with Crippen LogP contribution in [0.15, 0.2) is 29.4 Å². The highest BCUT2D eigenvalue weighted by molar-refractivity contribution is 7.99. The molecule has 10 heteroatoms. The summed E-state index contributed by atoms with van der Waals surface area (Å²) in [5, 5.41) is 20.6. The monoisotopic (exact) mass is 405 g/mol. The fourth-order valence-electron chi connectivity index (χ4n) is 2.95. The van der Waals surface area contributed by atoms with Gasteiger partial charge in [-0.25, -0.2) is 8.42 Å². The lowest BCUT2D eigenvalue weighted by Gasteiger charge is -2.08. The van der Waals surface area contributed by atoms with Gasteiger partial charge in [-0.1, -0.05) is 23.9 Å². The second-order valence-electron chi connectivity index (χ2n) is 6.43. The zero-order valence-corrected chi connectivity index (χ0v) is 16.4. The summed E-state index contributed by atoms with van der Waals surface area (Å²) in [5.41, 5.74) is 0.884. The second kappa shape index (κ2) is 8.10. The maximum Gasteiger partial charge on any atom is 0.234 e. The lowest BCUT2D eigenvalue weighted by Crippen LogP contribution is -2.15. The molecule has 0 spiro atoms. The van der Waals surface area contributed by atoms with Crippen LogP contribution in [0.1, 0.15) is 17.8 Å². The van der Waals surface area contributed by atoms with Gasteiger partial charge in [0.15, 0.2) is 15.0 Å². The minimum atomic E-state index is -2.92. The van der Waals surface area contributed by atoms with E-state index in [1.54, 1.807) is 28.8 Å². The maximum atomic E-state index is 12.2. The SMILES string of the molecule is Cn1c(C[C@@H]2CCS(=O)(=O)C2)nnc1SCC(=O)Nc1ccccc1C#N. The van der Waals surface area contributed by atoms with E-state index in [0.29, 0.717) is 29.2 Å². The number of carbonyl (C=O) groups excluding carboxylic acids is 1. The number of sulfone groups is 1. The number of anilines is 1. The van der Waals surface area contributed by atoms with E-state index in [9.17, 15) is 13.2 Å². The average molecular weight is 406 g/mol. The van der Waals surface area contributed by atoms with E-state index in [0.717, 1.165) is 5.82 Å². The van der Waals surface area contributed by atoms with Crippen LogP contribution in [0.5, 0.6) is 0 Å². The number of hydrogen-bond donors (Lipinski definition) is 1. The molecule has 1 atom stereocenters. The third-order valence-electron chi connectivity index (χ3n) is 4.38. The van der Waals surface area contributed by atoms with E-state index < -0.39 is 9.84 Å². The first-order valence-electron chi connectivity index (χ1n) is 8.38. The molecular formula is C17H19N5O3S2. The van der Waals surface area contributed by atoms with Crippen molar-refractivity contribution >= 4 is 33.2 Å². The molecule has 1 aromatic carbocycles. The maximum absolute atomic E-state index is 12.2. The van der Waals surface area contributed by atoms with Crippen LogP contribution in [0.4, 0.5) is 5.69 Å². The molecular weight excluding hydrogens is 386 g/mol. The summed E-state index contributed by atoms with van der Waals surface area (Å²) < 4.78 is 25.0. The molecule has 1 fully saturated rings. The van der Waals surface area contributed by atoms with Crippen LogP contribution in [0.25, 0.3) is 0 Å². The summed E-state index contributed by atoms with van der Waals surface area (Å²) in [4.78, 5) is 12.2. The van der Waals surface area contributed by atoms with Gasteiger partial charge in [0.25, 0.3) is 0 Å². The van der Waals surface area contributed by atoms with Crippen LogP contribution in [-0.4, -0.2) is 46.3 Å². The van der Waals surface area contributed by atoms with E-state index in [4.69, 9.17) is 5.26 Å². The fraction of sp³-hybridized carbons (Fsp3) is 0.412. The van der Waals surface area contributed by atoms with Crippen molar-refractivity contribution in [3.05, 3.63) is 35.7 Å². The molecule has 1 aromatic heterocycles. The van der Waals surface area contributed by atoms with Crippen LogP contribution in [-0.2, 0) is 28.1 Å². The van der Waals surface area contributed by atoms with Gasteiger partial charge in [0, 0.05) is 13.5 Å². The molecule has 1 amide bonds. The number of benzene rings is 1. The third-order valence-corrected chi connectivity index (χ3v) is 7.23. The molecule has 1 aliphatic rings. The quantitative estimate of drug-likeness (QED) is 0.722. The molecule has 0 unspecified atom stereocenters. The molecule has 2 aromatic rings. The van der Waals surface area contributed by atoms with Gasteiger partial charge in [0.1, 0.15) is 11.9 Å². The van der Waals surface area contributed by atoms with Crippen LogP contribution in [0, 0.1) is 17.2 Å². The number of nitriles is 1. The first-order chi connectivity index (χ1) is 12.9. The summed E-state index contributed by atoms with van der Waals surface area (Å²) in [7, 11) is -1.11. The number of aromatic nitrogens is 3. The van der Waals surface area contributed by atoms with Crippen molar-refractivity contribution in [2.75, 3.05) is 22.6 Å². The molecule has 1 aliphatic heterocycles. The Labute approximate surface area is 161 Å². The molecule has 0 aliphatic carbocycles. The van der Waals surface area contributed by atoms with Crippen LogP contribution < -0.4 is 5.32 Å². The van der Waals surface area contributed by atoms with Crippen LogP contribution >= 0.6 is 11.8 Å². The Morgan fingerprint density at radius 3 is 2.89 bits per heavy atom. The number of rotatable bonds is 6. The van der Waals surface area contributed by atoms with Gasteiger partial charge in [-0.2, -0.15) is 5.26 Å². The van der Waals surface area contributed by atoms with Crippen molar-refractivity contribution in [2.24, 2.45) is 13.0 Å². The molecule has 3 rings (SSSR count). The highest BCUT2D eigenvalue weighted by Crippen LogP contribution is 2.24. The minimum Gasteiger partial charge on any atom is -0.324 e. The number of hydrogen-bond acceptors (Lipinski definition) is 7. The smallest absolute Gasteiger partial charge is 0.234 e. The van der Waals surface area contributed by atoms with E-state index in [1.165, 1.54) is 11.8 Å².